The molecule has 0 saturated carbocycles. The number of hydrogen-bond acceptors (Lipinski definition) is 8. The van der Waals surface area contributed by atoms with E-state index < -0.39 is 66.8 Å². The highest BCUT2D eigenvalue weighted by Crippen LogP contribution is 1.97. The van der Waals surface area contributed by atoms with Gasteiger partial charge in [-0.05, 0) is 6.92 Å². The Morgan fingerprint density at radius 2 is 1.50 bits per heavy atom. The Hall–Kier alpha value is -2.38. The molecule has 0 saturated heterocycles. The highest BCUT2D eigenvalue weighted by molar-refractivity contribution is 7.80. The third-order valence-corrected chi connectivity index (χ3v) is 3.51. The van der Waals surface area contributed by atoms with Crippen LogP contribution in [-0.2, 0) is 24.0 Å². The molecule has 4 amide bonds. The van der Waals surface area contributed by atoms with Crippen molar-refractivity contribution in [2.45, 2.75) is 37.5 Å². The predicted octanol–water partition coefficient (Wildman–Crippen LogP) is -4.33. The molecule has 0 fully saturated rings. The average molecular weight is 393 g/mol. The van der Waals surface area contributed by atoms with E-state index in [1.54, 1.807) is 0 Å². The molecule has 0 spiro atoms. The van der Waals surface area contributed by atoms with Crippen molar-refractivity contribution in [3.8, 4) is 0 Å². The molecular formula is C13H23N5O7S. The van der Waals surface area contributed by atoms with Crippen LogP contribution in [0.15, 0.2) is 0 Å². The van der Waals surface area contributed by atoms with E-state index in [1.807, 2.05) is 0 Å². The van der Waals surface area contributed by atoms with E-state index in [2.05, 4.69) is 28.6 Å². The van der Waals surface area contributed by atoms with Gasteiger partial charge in [-0.15, -0.1) is 0 Å². The van der Waals surface area contributed by atoms with Crippen LogP contribution in [0, 0.1) is 0 Å². The fraction of sp³-hybridized carbons (Fsp3) is 0.615. The van der Waals surface area contributed by atoms with Crippen LogP contribution in [0.4, 0.5) is 0 Å². The number of aliphatic carboxylic acids is 1. The van der Waals surface area contributed by atoms with Crippen molar-refractivity contribution < 1.29 is 34.2 Å². The van der Waals surface area contributed by atoms with Crippen LogP contribution in [0.1, 0.15) is 13.3 Å². The largest absolute Gasteiger partial charge is 0.480 e. The Morgan fingerprint density at radius 1 is 1.00 bits per heavy atom. The molecule has 26 heavy (non-hydrogen) atoms. The van der Waals surface area contributed by atoms with E-state index in [0.29, 0.717) is 0 Å². The first-order chi connectivity index (χ1) is 12.0. The second kappa shape index (κ2) is 11.3. The van der Waals surface area contributed by atoms with Gasteiger partial charge in [0.2, 0.25) is 23.6 Å². The quantitative estimate of drug-likeness (QED) is 0.160. The summed E-state index contributed by atoms with van der Waals surface area (Å²) in [6.07, 6.45) is -0.581. The highest BCUT2D eigenvalue weighted by atomic mass is 32.1. The van der Waals surface area contributed by atoms with E-state index in [-0.39, 0.29) is 5.75 Å². The van der Waals surface area contributed by atoms with Crippen LogP contribution in [0.5, 0.6) is 0 Å². The summed E-state index contributed by atoms with van der Waals surface area (Å²) < 4.78 is 0. The van der Waals surface area contributed by atoms with Gasteiger partial charge in [0.1, 0.15) is 18.1 Å². The molecule has 4 atom stereocenters. The molecule has 0 aromatic rings. The third-order valence-electron chi connectivity index (χ3n) is 3.12. The molecule has 0 radical (unpaired) electrons. The Kier molecular flexibility index (Phi) is 10.2. The molecule has 0 rings (SSSR count). The van der Waals surface area contributed by atoms with Crippen molar-refractivity contribution >= 4 is 42.2 Å². The van der Waals surface area contributed by atoms with Gasteiger partial charge >= 0.3 is 5.97 Å². The Labute approximate surface area is 154 Å². The summed E-state index contributed by atoms with van der Waals surface area (Å²) in [6, 6.07) is -5.25. The van der Waals surface area contributed by atoms with E-state index in [1.165, 1.54) is 6.92 Å². The summed E-state index contributed by atoms with van der Waals surface area (Å²) in [7, 11) is 0. The number of carboxylic acids is 1. The number of aliphatic hydroxyl groups is 1. The second-order valence-corrected chi connectivity index (χ2v) is 5.70. The molecule has 9 N–H and O–H groups in total. The number of hydrogen-bond donors (Lipinski definition) is 8. The minimum Gasteiger partial charge on any atom is -0.480 e. The fourth-order valence-electron chi connectivity index (χ4n) is 1.61. The van der Waals surface area contributed by atoms with Gasteiger partial charge < -0.3 is 37.6 Å². The van der Waals surface area contributed by atoms with Crippen molar-refractivity contribution in [2.24, 2.45) is 11.5 Å². The van der Waals surface area contributed by atoms with E-state index in [4.69, 9.17) is 16.6 Å². The zero-order valence-corrected chi connectivity index (χ0v) is 14.9. The molecule has 0 heterocycles. The van der Waals surface area contributed by atoms with Crippen molar-refractivity contribution in [1.82, 2.24) is 16.0 Å². The first kappa shape index (κ1) is 23.6. The number of rotatable bonds is 11. The molecule has 0 aromatic heterocycles. The standard InChI is InChI=1S/C13H23N5O7S/c1-5(13(24)25)16-12(23)8(3-19)18-11(22)7(2-9(15)20)17-10(21)6(14)4-26/h5-8,19,26H,2-4,14H2,1H3,(H2,15,20)(H,16,23)(H,17,21)(H,18,22)(H,24,25). The number of nitrogens with two attached hydrogens (primary N) is 2. The molecule has 148 valence electrons. The average Bonchev–Trinajstić information content (AvgIpc) is 2.56. The van der Waals surface area contributed by atoms with Crippen molar-refractivity contribution in [1.29, 1.82) is 0 Å². The molecule has 4 unspecified atom stereocenters. The fourth-order valence-corrected chi connectivity index (χ4v) is 1.78. The van der Waals surface area contributed by atoms with Crippen LogP contribution in [0.2, 0.25) is 0 Å². The number of carbonyl (C=O) groups is 5. The molecule has 12 nitrogen and oxygen atoms in total. The molecule has 0 aliphatic heterocycles. The molecule has 0 aromatic carbocycles. The topological polar surface area (TPSA) is 214 Å². The number of amides is 4. The monoisotopic (exact) mass is 393 g/mol. The van der Waals surface area contributed by atoms with Gasteiger partial charge in [0, 0.05) is 5.75 Å². The number of carboxylic acid groups (broad SMARTS) is 1. The first-order valence-corrected chi connectivity index (χ1v) is 8.06. The molecule has 0 aliphatic rings. The number of carbonyl (C=O) groups excluding carboxylic acids is 4. The highest BCUT2D eigenvalue weighted by Gasteiger charge is 2.29. The molecular weight excluding hydrogens is 370 g/mol. The summed E-state index contributed by atoms with van der Waals surface area (Å²) >= 11 is 3.83. The number of primary amides is 1. The number of nitrogens with one attached hydrogen (secondary N) is 3. The molecule has 0 bridgehead atoms. The normalized spacial score (nSPS) is 15.1. The lowest BCUT2D eigenvalue weighted by Gasteiger charge is -2.23. The number of thiol groups is 1. The Balaban J connectivity index is 5.07. The summed E-state index contributed by atoms with van der Waals surface area (Å²) in [5.41, 5.74) is 10.5. The summed E-state index contributed by atoms with van der Waals surface area (Å²) in [5.74, 6) is -4.97. The van der Waals surface area contributed by atoms with E-state index >= 15 is 0 Å². The Bertz CT molecular complexity index is 559. The zero-order valence-electron chi connectivity index (χ0n) is 14.0. The van der Waals surface area contributed by atoms with Gasteiger partial charge in [-0.25, -0.2) is 0 Å². The number of aliphatic hydroxyl groups excluding tert-OH is 1. The molecule has 0 aliphatic carbocycles. The van der Waals surface area contributed by atoms with Gasteiger partial charge in [0.05, 0.1) is 19.1 Å². The van der Waals surface area contributed by atoms with Crippen LogP contribution in [0.3, 0.4) is 0 Å². The lowest BCUT2D eigenvalue weighted by molar-refractivity contribution is -0.142. The van der Waals surface area contributed by atoms with Crippen LogP contribution < -0.4 is 27.4 Å². The first-order valence-electron chi connectivity index (χ1n) is 7.43. The Morgan fingerprint density at radius 3 is 1.92 bits per heavy atom. The summed E-state index contributed by atoms with van der Waals surface area (Å²) in [6.45, 7) is 0.336. The SMILES string of the molecule is CC(NC(=O)C(CO)NC(=O)C(CC(N)=O)NC(=O)C(N)CS)C(=O)O. The molecule has 13 heteroatoms. The predicted molar refractivity (Wildman–Crippen MR) is 91.8 cm³/mol. The zero-order chi connectivity index (χ0) is 20.4. The van der Waals surface area contributed by atoms with Gasteiger partial charge in [-0.2, -0.15) is 12.6 Å². The minimum atomic E-state index is -1.50. The van der Waals surface area contributed by atoms with Crippen LogP contribution in [-0.4, -0.2) is 76.3 Å². The van der Waals surface area contributed by atoms with Gasteiger partial charge in [-0.1, -0.05) is 0 Å². The second-order valence-electron chi connectivity index (χ2n) is 5.33. The van der Waals surface area contributed by atoms with Gasteiger partial charge in [-0.3, -0.25) is 24.0 Å². The van der Waals surface area contributed by atoms with Gasteiger partial charge in [0.15, 0.2) is 0 Å². The summed E-state index contributed by atoms with van der Waals surface area (Å²) in [5, 5.41) is 24.3. The lowest BCUT2D eigenvalue weighted by atomic mass is 10.1. The van der Waals surface area contributed by atoms with Crippen LogP contribution in [0.25, 0.3) is 0 Å². The maximum atomic E-state index is 12.2. The lowest BCUT2D eigenvalue weighted by Crippen LogP contribution is -2.58. The smallest absolute Gasteiger partial charge is 0.325 e. The third kappa shape index (κ3) is 8.13. The van der Waals surface area contributed by atoms with E-state index in [0.717, 1.165) is 0 Å². The maximum absolute atomic E-state index is 12.2. The summed E-state index contributed by atoms with van der Waals surface area (Å²) in [4.78, 5) is 57.7. The van der Waals surface area contributed by atoms with Crippen molar-refractivity contribution in [2.75, 3.05) is 12.4 Å². The minimum absolute atomic E-state index is 0.0223. The van der Waals surface area contributed by atoms with Crippen molar-refractivity contribution in [3.05, 3.63) is 0 Å². The van der Waals surface area contributed by atoms with Crippen molar-refractivity contribution in [3.63, 3.8) is 0 Å². The maximum Gasteiger partial charge on any atom is 0.325 e. The van der Waals surface area contributed by atoms with Gasteiger partial charge in [0.25, 0.3) is 0 Å². The van der Waals surface area contributed by atoms with E-state index in [9.17, 15) is 29.1 Å². The van der Waals surface area contributed by atoms with Crippen LogP contribution >= 0.6 is 12.6 Å².